The molecule has 1 amide bonds. The number of carbonyl (C=O) groups is 3. The van der Waals surface area contributed by atoms with Crippen LogP contribution in [0.25, 0.3) is 10.8 Å². The Hall–Kier alpha value is -4.86. The first-order valence-corrected chi connectivity index (χ1v) is 17.6. The summed E-state index contributed by atoms with van der Waals surface area (Å²) in [5.41, 5.74) is 3.66. The van der Waals surface area contributed by atoms with Crippen molar-refractivity contribution in [1.82, 2.24) is 15.1 Å². The smallest absolute Gasteiger partial charge is 0.334 e. The molecule has 2 unspecified atom stereocenters. The second kappa shape index (κ2) is 13.8. The standard InChI is InChI=1S/C40H42FN3O6/c1-24-30-21-32-27(8-6-16-40(32,2)22-35(30)50-39(24)48)23-49-36(45)11-5-7-25-14-17-44(18-15-25)38(47)31-19-26(12-13-33(31)41)20-34-28-9-3-4-10-29(28)37(46)43-42-34/h3-4,8-10,12-13,19,21,25,30,35H,1,5-7,11,14-18,20,22-23H2,2H3,(H,43,46)/t30?,35?,40-/m1/s1. The normalized spacial score (nSPS) is 23.5. The number of rotatable bonds is 9. The number of aromatic nitrogens is 2. The average Bonchev–Trinajstić information content (AvgIpc) is 3.38. The number of likely N-dealkylation sites (tertiary alicyclic amines) is 1. The van der Waals surface area contributed by atoms with Crippen molar-refractivity contribution >= 4 is 28.6 Å². The molecule has 2 aromatic carbocycles. The lowest BCUT2D eigenvalue weighted by molar-refractivity contribution is -0.143. The molecule has 3 heterocycles. The third-order valence-corrected chi connectivity index (χ3v) is 11.1. The minimum atomic E-state index is -0.565. The van der Waals surface area contributed by atoms with Crippen molar-refractivity contribution in [3.05, 3.63) is 111 Å². The molecule has 0 spiro atoms. The number of H-pyrrole nitrogens is 1. The van der Waals surface area contributed by atoms with E-state index in [-0.39, 0.29) is 53.0 Å². The van der Waals surface area contributed by atoms with Crippen LogP contribution in [0.15, 0.2) is 82.7 Å². The van der Waals surface area contributed by atoms with E-state index in [1.165, 1.54) is 6.07 Å². The van der Waals surface area contributed by atoms with Gasteiger partial charge in [-0.15, -0.1) is 0 Å². The molecule has 10 heteroatoms. The summed E-state index contributed by atoms with van der Waals surface area (Å²) in [6, 6.07) is 11.7. The minimum Gasteiger partial charge on any atom is -0.461 e. The zero-order valence-electron chi connectivity index (χ0n) is 28.3. The van der Waals surface area contributed by atoms with Crippen LogP contribution < -0.4 is 5.56 Å². The summed E-state index contributed by atoms with van der Waals surface area (Å²) >= 11 is 0. The summed E-state index contributed by atoms with van der Waals surface area (Å²) in [4.78, 5) is 52.1. The first kappa shape index (κ1) is 33.6. The number of amides is 1. The first-order chi connectivity index (χ1) is 24.1. The fourth-order valence-electron chi connectivity index (χ4n) is 8.21. The van der Waals surface area contributed by atoms with E-state index in [1.54, 1.807) is 29.2 Å². The zero-order valence-corrected chi connectivity index (χ0v) is 28.3. The number of aromatic amines is 1. The monoisotopic (exact) mass is 679 g/mol. The van der Waals surface area contributed by atoms with Gasteiger partial charge in [-0.3, -0.25) is 14.4 Å². The van der Waals surface area contributed by atoms with Gasteiger partial charge >= 0.3 is 11.9 Å². The van der Waals surface area contributed by atoms with Crippen molar-refractivity contribution in [2.75, 3.05) is 19.7 Å². The maximum atomic E-state index is 14.9. The number of nitrogens with zero attached hydrogens (tertiary/aromatic N) is 2. The lowest BCUT2D eigenvalue weighted by Gasteiger charge is -2.42. The van der Waals surface area contributed by atoms with Crippen LogP contribution in [0.5, 0.6) is 0 Å². The van der Waals surface area contributed by atoms with Gasteiger partial charge in [0.1, 0.15) is 18.5 Å². The van der Waals surface area contributed by atoms with Crippen LogP contribution in [0.3, 0.4) is 0 Å². The van der Waals surface area contributed by atoms with E-state index in [0.717, 1.165) is 60.6 Å². The molecule has 1 N–H and O–H groups in total. The molecule has 3 aromatic rings. The molecule has 7 rings (SSSR count). The first-order valence-electron chi connectivity index (χ1n) is 17.6. The van der Waals surface area contributed by atoms with Crippen molar-refractivity contribution in [3.63, 3.8) is 0 Å². The fourth-order valence-corrected chi connectivity index (χ4v) is 8.21. The molecule has 4 aliphatic rings. The number of piperidine rings is 1. The topological polar surface area (TPSA) is 119 Å². The summed E-state index contributed by atoms with van der Waals surface area (Å²) in [5.74, 6) is -1.21. The lowest BCUT2D eigenvalue weighted by atomic mass is 9.63. The van der Waals surface area contributed by atoms with Crippen molar-refractivity contribution < 1.29 is 28.2 Å². The Balaban J connectivity index is 0.879. The maximum Gasteiger partial charge on any atom is 0.334 e. The van der Waals surface area contributed by atoms with E-state index in [2.05, 4.69) is 35.9 Å². The molecule has 2 saturated heterocycles. The molecular weight excluding hydrogens is 637 g/mol. The molecule has 0 bridgehead atoms. The number of carbonyl (C=O) groups excluding carboxylic acids is 3. The molecule has 9 nitrogen and oxygen atoms in total. The molecule has 2 aliphatic heterocycles. The van der Waals surface area contributed by atoms with Gasteiger partial charge in [-0.2, -0.15) is 5.10 Å². The Bertz CT molecular complexity index is 1990. The molecule has 3 atom stereocenters. The van der Waals surface area contributed by atoms with Crippen molar-refractivity contribution in [2.24, 2.45) is 17.3 Å². The number of fused-ring (bicyclic) bond motifs is 3. The summed E-state index contributed by atoms with van der Waals surface area (Å²) in [6.45, 7) is 7.40. The molecule has 50 heavy (non-hydrogen) atoms. The Morgan fingerprint density at radius 1 is 1.14 bits per heavy atom. The largest absolute Gasteiger partial charge is 0.461 e. The van der Waals surface area contributed by atoms with Gasteiger partial charge < -0.3 is 14.4 Å². The Kier molecular flexibility index (Phi) is 9.28. The van der Waals surface area contributed by atoms with Crippen LogP contribution in [-0.4, -0.2) is 58.7 Å². The Morgan fingerprint density at radius 2 is 1.92 bits per heavy atom. The summed E-state index contributed by atoms with van der Waals surface area (Å²) in [5, 5.41) is 8.00. The molecule has 1 aromatic heterocycles. The molecule has 0 saturated carbocycles. The van der Waals surface area contributed by atoms with E-state index in [1.807, 2.05) is 12.1 Å². The van der Waals surface area contributed by atoms with Crippen LogP contribution in [0.1, 0.15) is 79.9 Å². The van der Waals surface area contributed by atoms with Gasteiger partial charge in [0.05, 0.1) is 16.6 Å². The van der Waals surface area contributed by atoms with Gasteiger partial charge in [-0.25, -0.2) is 14.3 Å². The molecular formula is C40H42FN3O6. The van der Waals surface area contributed by atoms with Gasteiger partial charge in [0.25, 0.3) is 11.5 Å². The highest BCUT2D eigenvalue weighted by molar-refractivity contribution is 5.95. The van der Waals surface area contributed by atoms with E-state index in [9.17, 15) is 23.6 Å². The maximum absolute atomic E-state index is 14.9. The number of halogens is 1. The predicted octanol–water partition coefficient (Wildman–Crippen LogP) is 6.37. The number of hydrogen-bond donors (Lipinski definition) is 1. The molecule has 2 aliphatic carbocycles. The Morgan fingerprint density at radius 3 is 2.72 bits per heavy atom. The van der Waals surface area contributed by atoms with Crippen LogP contribution in [0.4, 0.5) is 4.39 Å². The molecule has 260 valence electrons. The highest BCUT2D eigenvalue weighted by atomic mass is 19.1. The molecule has 0 radical (unpaired) electrons. The van der Waals surface area contributed by atoms with Gasteiger partial charge in [-0.05, 0) is 91.2 Å². The fraction of sp³-hybridized carbons (Fsp3) is 0.425. The third kappa shape index (κ3) is 6.67. The van der Waals surface area contributed by atoms with Crippen LogP contribution in [-0.2, 0) is 25.5 Å². The van der Waals surface area contributed by atoms with E-state index in [4.69, 9.17) is 9.47 Å². The summed E-state index contributed by atoms with van der Waals surface area (Å²) < 4.78 is 26.2. The lowest BCUT2D eigenvalue weighted by Crippen LogP contribution is -2.39. The number of ether oxygens (including phenoxy) is 2. The highest BCUT2D eigenvalue weighted by Gasteiger charge is 2.48. The van der Waals surface area contributed by atoms with Crippen molar-refractivity contribution in [3.8, 4) is 0 Å². The quantitative estimate of drug-likeness (QED) is 0.206. The van der Waals surface area contributed by atoms with Crippen LogP contribution in [0, 0.1) is 23.1 Å². The number of nitrogens with one attached hydrogen (secondary N) is 1. The van der Waals surface area contributed by atoms with Gasteiger partial charge in [-0.1, -0.05) is 49.9 Å². The average molecular weight is 680 g/mol. The van der Waals surface area contributed by atoms with Gasteiger partial charge in [0, 0.05) is 42.8 Å². The SMILES string of the molecule is C=C1C(=O)OC2C[C@@]3(C)CCC=C(COC(=O)CCCC4CCN(C(=O)c5cc(Cc6n[nH]c(=O)c7ccccc67)ccc5F)CC4)C3=CC12. The van der Waals surface area contributed by atoms with E-state index < -0.39 is 5.82 Å². The van der Waals surface area contributed by atoms with E-state index >= 15 is 0 Å². The van der Waals surface area contributed by atoms with Crippen molar-refractivity contribution in [2.45, 2.75) is 70.8 Å². The van der Waals surface area contributed by atoms with E-state index in [0.29, 0.717) is 54.9 Å². The predicted molar refractivity (Wildman–Crippen MR) is 186 cm³/mol. The number of esters is 2. The van der Waals surface area contributed by atoms with Crippen molar-refractivity contribution in [1.29, 1.82) is 0 Å². The second-order valence-corrected chi connectivity index (χ2v) is 14.4. The summed E-state index contributed by atoms with van der Waals surface area (Å²) in [7, 11) is 0. The number of hydrogen-bond acceptors (Lipinski definition) is 7. The second-order valence-electron chi connectivity index (χ2n) is 14.4. The van der Waals surface area contributed by atoms with Crippen LogP contribution >= 0.6 is 0 Å². The third-order valence-electron chi connectivity index (χ3n) is 11.1. The van der Waals surface area contributed by atoms with Crippen LogP contribution in [0.2, 0.25) is 0 Å². The van der Waals surface area contributed by atoms with Gasteiger partial charge in [0.15, 0.2) is 0 Å². The zero-order chi connectivity index (χ0) is 35.0. The van der Waals surface area contributed by atoms with Gasteiger partial charge in [0.2, 0.25) is 0 Å². The Labute approximate surface area is 290 Å². The number of benzene rings is 2. The summed E-state index contributed by atoms with van der Waals surface area (Å²) in [6.07, 6.45) is 10.5. The number of allylic oxidation sites excluding steroid dienone is 1. The highest BCUT2D eigenvalue weighted by Crippen LogP contribution is 2.52. The molecule has 2 fully saturated rings. The minimum absolute atomic E-state index is 0.0321.